The fourth-order valence-corrected chi connectivity index (χ4v) is 4.12. The number of hydrogen-bond acceptors (Lipinski definition) is 0. The van der Waals surface area contributed by atoms with Crippen molar-refractivity contribution in [3.8, 4) is 0 Å². The van der Waals surface area contributed by atoms with E-state index in [2.05, 4.69) is 26.5 Å². The normalized spacial score (nSPS) is 43.5. The van der Waals surface area contributed by atoms with Crippen LogP contribution in [0.1, 0.15) is 52.4 Å². The van der Waals surface area contributed by atoms with Gasteiger partial charge < -0.3 is 0 Å². The van der Waals surface area contributed by atoms with Crippen molar-refractivity contribution in [2.24, 2.45) is 29.6 Å². The zero-order chi connectivity index (χ0) is 10.8. The van der Waals surface area contributed by atoms with E-state index >= 15 is 0 Å². The van der Waals surface area contributed by atoms with Crippen LogP contribution in [-0.2, 0) is 0 Å². The van der Waals surface area contributed by atoms with Crippen LogP contribution < -0.4 is 0 Å². The lowest BCUT2D eigenvalue weighted by atomic mass is 9.74. The molecular formula is C15H26. The molecule has 0 N–H and O–H groups in total. The smallest absolute Gasteiger partial charge is 0.0353 e. The number of hydrogen-bond donors (Lipinski definition) is 0. The zero-order valence-corrected chi connectivity index (χ0v) is 10.4. The first-order valence-corrected chi connectivity index (χ1v) is 6.85. The van der Waals surface area contributed by atoms with E-state index in [-0.39, 0.29) is 0 Å². The van der Waals surface area contributed by atoms with Crippen molar-refractivity contribution in [3.63, 3.8) is 0 Å². The molecule has 0 aromatic carbocycles. The third kappa shape index (κ3) is 2.14. The highest BCUT2D eigenvalue weighted by atomic mass is 14.5. The summed E-state index contributed by atoms with van der Waals surface area (Å²) in [5.74, 6) is 5.25. The summed E-state index contributed by atoms with van der Waals surface area (Å²) in [7, 11) is 0. The van der Waals surface area contributed by atoms with Gasteiger partial charge >= 0.3 is 0 Å². The largest absolute Gasteiger partial charge is 0.103 e. The lowest BCUT2D eigenvalue weighted by Crippen LogP contribution is -2.24. The maximum Gasteiger partial charge on any atom is -0.0353 e. The van der Waals surface area contributed by atoms with Gasteiger partial charge in [-0.05, 0) is 55.3 Å². The Morgan fingerprint density at radius 3 is 2.53 bits per heavy atom. The summed E-state index contributed by atoms with van der Waals surface area (Å²) in [5, 5.41) is 0. The Labute approximate surface area is 95.1 Å². The van der Waals surface area contributed by atoms with Gasteiger partial charge in [0.2, 0.25) is 0 Å². The van der Waals surface area contributed by atoms with Gasteiger partial charge in [-0.1, -0.05) is 32.8 Å². The summed E-state index contributed by atoms with van der Waals surface area (Å²) in [6.07, 6.45) is 10.7. The molecule has 5 atom stereocenters. The van der Waals surface area contributed by atoms with Crippen molar-refractivity contribution in [3.05, 3.63) is 12.7 Å². The Kier molecular flexibility index (Phi) is 3.53. The molecule has 0 saturated heterocycles. The Morgan fingerprint density at radius 2 is 1.93 bits per heavy atom. The summed E-state index contributed by atoms with van der Waals surface area (Å²) < 4.78 is 0. The molecule has 0 heterocycles. The van der Waals surface area contributed by atoms with Gasteiger partial charge in [0.1, 0.15) is 0 Å². The first-order chi connectivity index (χ1) is 7.24. The maximum atomic E-state index is 3.79. The molecule has 0 spiro atoms. The molecule has 2 aliphatic rings. The highest BCUT2D eigenvalue weighted by molar-refractivity contribution is 4.97. The molecule has 2 bridgehead atoms. The molecular weight excluding hydrogens is 180 g/mol. The van der Waals surface area contributed by atoms with Crippen LogP contribution >= 0.6 is 0 Å². The van der Waals surface area contributed by atoms with Crippen LogP contribution in [0, 0.1) is 29.6 Å². The second kappa shape index (κ2) is 4.72. The molecule has 2 saturated carbocycles. The summed E-state index contributed by atoms with van der Waals surface area (Å²) in [6.45, 7) is 8.76. The number of fused-ring (bicyclic) bond motifs is 2. The Balaban J connectivity index is 1.75. The monoisotopic (exact) mass is 206 g/mol. The molecule has 5 unspecified atom stereocenters. The van der Waals surface area contributed by atoms with Crippen molar-refractivity contribution >= 4 is 0 Å². The van der Waals surface area contributed by atoms with E-state index < -0.39 is 0 Å². The van der Waals surface area contributed by atoms with E-state index in [1.165, 1.54) is 25.7 Å². The summed E-state index contributed by atoms with van der Waals surface area (Å²) >= 11 is 0. The second-order valence-corrected chi connectivity index (χ2v) is 5.95. The first-order valence-electron chi connectivity index (χ1n) is 6.85. The predicted octanol–water partition coefficient (Wildman–Crippen LogP) is 4.66. The van der Waals surface area contributed by atoms with Crippen LogP contribution in [0.2, 0.25) is 0 Å². The van der Waals surface area contributed by atoms with E-state index in [4.69, 9.17) is 0 Å². The predicted molar refractivity (Wildman–Crippen MR) is 66.7 cm³/mol. The van der Waals surface area contributed by atoms with E-state index in [1.54, 1.807) is 12.8 Å². The minimum absolute atomic E-state index is 1.01. The van der Waals surface area contributed by atoms with E-state index in [9.17, 15) is 0 Å². The molecule has 0 aromatic rings. The highest BCUT2D eigenvalue weighted by Crippen LogP contribution is 2.56. The molecule has 2 rings (SSSR count). The fraction of sp³-hybridized carbons (Fsp3) is 0.867. The molecule has 0 aliphatic heterocycles. The van der Waals surface area contributed by atoms with Gasteiger partial charge in [0.05, 0.1) is 0 Å². The van der Waals surface area contributed by atoms with Gasteiger partial charge in [-0.25, -0.2) is 0 Å². The highest BCUT2D eigenvalue weighted by Gasteiger charge is 2.47. The molecule has 15 heavy (non-hydrogen) atoms. The van der Waals surface area contributed by atoms with Crippen molar-refractivity contribution in [1.82, 2.24) is 0 Å². The fourth-order valence-electron chi connectivity index (χ4n) is 4.12. The van der Waals surface area contributed by atoms with Crippen LogP contribution in [0.25, 0.3) is 0 Å². The van der Waals surface area contributed by atoms with Crippen LogP contribution in [0.15, 0.2) is 12.7 Å². The van der Waals surface area contributed by atoms with Gasteiger partial charge in [0.25, 0.3) is 0 Å². The van der Waals surface area contributed by atoms with Crippen molar-refractivity contribution in [2.45, 2.75) is 52.4 Å². The van der Waals surface area contributed by atoms with Gasteiger partial charge in [-0.3, -0.25) is 0 Å². The topological polar surface area (TPSA) is 0 Å². The minimum Gasteiger partial charge on any atom is -0.103 e. The van der Waals surface area contributed by atoms with Crippen LogP contribution in [-0.4, -0.2) is 0 Å². The minimum atomic E-state index is 1.01. The summed E-state index contributed by atoms with van der Waals surface area (Å²) in [4.78, 5) is 0. The van der Waals surface area contributed by atoms with Crippen LogP contribution in [0.3, 0.4) is 0 Å². The standard InChI is InChI=1S/C15H26/c1-4-5-6-7-8-13-9-14-10-15(13)12(3)11(14)2/h4,11-15H,1,5-10H2,2-3H3. The van der Waals surface area contributed by atoms with E-state index in [1.807, 2.05) is 0 Å². The molecule has 2 fully saturated rings. The lowest BCUT2D eigenvalue weighted by Gasteiger charge is -2.31. The molecule has 0 heteroatoms. The molecule has 0 nitrogen and oxygen atoms in total. The molecule has 0 aromatic heterocycles. The average Bonchev–Trinajstić information content (AvgIpc) is 2.75. The lowest BCUT2D eigenvalue weighted by molar-refractivity contribution is 0.179. The van der Waals surface area contributed by atoms with Crippen molar-refractivity contribution in [2.75, 3.05) is 0 Å². The average molecular weight is 206 g/mol. The molecule has 0 amide bonds. The third-order valence-electron chi connectivity index (χ3n) is 5.27. The van der Waals surface area contributed by atoms with Crippen LogP contribution in [0.5, 0.6) is 0 Å². The molecule has 0 radical (unpaired) electrons. The number of unbranched alkanes of at least 4 members (excludes halogenated alkanes) is 2. The summed E-state index contributed by atoms with van der Waals surface area (Å²) in [5.41, 5.74) is 0. The van der Waals surface area contributed by atoms with Gasteiger partial charge in [-0.2, -0.15) is 0 Å². The van der Waals surface area contributed by atoms with E-state index in [0.29, 0.717) is 0 Å². The van der Waals surface area contributed by atoms with Gasteiger partial charge in [0.15, 0.2) is 0 Å². The van der Waals surface area contributed by atoms with Gasteiger partial charge in [0, 0.05) is 0 Å². The summed E-state index contributed by atoms with van der Waals surface area (Å²) in [6, 6.07) is 0. The first kappa shape index (κ1) is 11.2. The van der Waals surface area contributed by atoms with Gasteiger partial charge in [-0.15, -0.1) is 6.58 Å². The molecule has 2 aliphatic carbocycles. The maximum absolute atomic E-state index is 3.79. The second-order valence-electron chi connectivity index (χ2n) is 5.95. The molecule has 86 valence electrons. The Bertz CT molecular complexity index is 216. The SMILES string of the molecule is C=CCCCCC1CC2CC1C(C)C2C. The van der Waals surface area contributed by atoms with Crippen molar-refractivity contribution < 1.29 is 0 Å². The van der Waals surface area contributed by atoms with Crippen LogP contribution in [0.4, 0.5) is 0 Å². The number of allylic oxidation sites excluding steroid dienone is 1. The quantitative estimate of drug-likeness (QED) is 0.453. The Morgan fingerprint density at radius 1 is 1.13 bits per heavy atom. The number of rotatable bonds is 5. The zero-order valence-electron chi connectivity index (χ0n) is 10.4. The third-order valence-corrected chi connectivity index (χ3v) is 5.27. The Hall–Kier alpha value is -0.260. The van der Waals surface area contributed by atoms with E-state index in [0.717, 1.165) is 29.6 Å². The van der Waals surface area contributed by atoms with Crippen molar-refractivity contribution in [1.29, 1.82) is 0 Å².